The zero-order chi connectivity index (χ0) is 31.1. The summed E-state index contributed by atoms with van der Waals surface area (Å²) in [6.07, 6.45) is 18.2. The van der Waals surface area contributed by atoms with Crippen LogP contribution in [0.2, 0.25) is 0 Å². The molecule has 0 atom stereocenters. The summed E-state index contributed by atoms with van der Waals surface area (Å²) in [5.41, 5.74) is 7.17. The summed E-state index contributed by atoms with van der Waals surface area (Å²) >= 11 is 0. The minimum Gasteiger partial charge on any atom is -0.494 e. The monoisotopic (exact) mass is 603 g/mol. The van der Waals surface area contributed by atoms with Gasteiger partial charge in [0.25, 0.3) is 0 Å². The first kappa shape index (κ1) is 32.7. The fraction of sp³-hybridized carbons (Fsp3) is 0.429. The molecule has 5 rings (SSSR count). The molecule has 0 bridgehead atoms. The second-order valence-corrected chi connectivity index (χ2v) is 12.6. The second-order valence-electron chi connectivity index (χ2n) is 12.6. The molecule has 0 saturated heterocycles. The van der Waals surface area contributed by atoms with Gasteiger partial charge in [-0.3, -0.25) is 0 Å². The maximum absolute atomic E-state index is 6.03. The molecule has 1 heterocycles. The first-order valence-corrected chi connectivity index (χ1v) is 17.8. The van der Waals surface area contributed by atoms with Crippen molar-refractivity contribution in [1.29, 1.82) is 0 Å². The SMILES string of the molecule is CCCCCCCCCOc1ccc(-c2ccc3[nH]c4ccc(-c5ccc(OCCCCCCCCC)cc5)cc4c3c2)cc1. The number of ether oxygens (including phenoxy) is 2. The molecule has 0 unspecified atom stereocenters. The van der Waals surface area contributed by atoms with Gasteiger partial charge in [-0.1, -0.05) is 127 Å². The van der Waals surface area contributed by atoms with Crippen LogP contribution in [0.25, 0.3) is 44.1 Å². The molecule has 4 aromatic carbocycles. The molecule has 0 aliphatic heterocycles. The Hall–Kier alpha value is -3.72. The van der Waals surface area contributed by atoms with E-state index < -0.39 is 0 Å². The number of fused-ring (bicyclic) bond motifs is 3. The molecule has 1 N–H and O–H groups in total. The van der Waals surface area contributed by atoms with Crippen LogP contribution in [0.4, 0.5) is 0 Å². The zero-order valence-corrected chi connectivity index (χ0v) is 27.7. The van der Waals surface area contributed by atoms with Crippen LogP contribution in [0.1, 0.15) is 104 Å². The molecule has 0 aliphatic carbocycles. The molecule has 0 amide bonds. The van der Waals surface area contributed by atoms with E-state index in [1.165, 1.54) is 110 Å². The lowest BCUT2D eigenvalue weighted by Gasteiger charge is -2.08. The molecule has 0 spiro atoms. The second kappa shape index (κ2) is 17.7. The highest BCUT2D eigenvalue weighted by Crippen LogP contribution is 2.34. The minimum absolute atomic E-state index is 0.797. The van der Waals surface area contributed by atoms with Crippen molar-refractivity contribution in [2.24, 2.45) is 0 Å². The summed E-state index contributed by atoms with van der Waals surface area (Å²) in [5.74, 6) is 1.91. The van der Waals surface area contributed by atoms with Crippen LogP contribution in [-0.2, 0) is 0 Å². The molecule has 3 heteroatoms. The van der Waals surface area contributed by atoms with Crippen molar-refractivity contribution in [3.8, 4) is 33.8 Å². The summed E-state index contributed by atoms with van der Waals surface area (Å²) in [6.45, 7) is 6.13. The van der Waals surface area contributed by atoms with Crippen molar-refractivity contribution in [1.82, 2.24) is 4.98 Å². The molecule has 1 aromatic heterocycles. The predicted molar refractivity (Wildman–Crippen MR) is 194 cm³/mol. The topological polar surface area (TPSA) is 34.2 Å². The normalized spacial score (nSPS) is 11.4. The number of aromatic nitrogens is 1. The molecule has 0 saturated carbocycles. The highest BCUT2D eigenvalue weighted by molar-refractivity contribution is 6.09. The number of benzene rings is 4. The Labute approximate surface area is 271 Å². The Bertz CT molecular complexity index is 1450. The molecular weight excluding hydrogens is 550 g/mol. The van der Waals surface area contributed by atoms with Gasteiger partial charge >= 0.3 is 0 Å². The van der Waals surface area contributed by atoms with E-state index in [-0.39, 0.29) is 0 Å². The van der Waals surface area contributed by atoms with E-state index in [0.717, 1.165) is 48.6 Å². The lowest BCUT2D eigenvalue weighted by atomic mass is 10.00. The third kappa shape index (κ3) is 9.63. The number of H-pyrrole nitrogens is 1. The maximum atomic E-state index is 6.03. The Morgan fingerprint density at radius 2 is 0.756 bits per heavy atom. The average Bonchev–Trinajstić information content (AvgIpc) is 3.45. The van der Waals surface area contributed by atoms with Crippen LogP contribution in [0.3, 0.4) is 0 Å². The number of aromatic amines is 1. The third-order valence-corrected chi connectivity index (χ3v) is 9.01. The molecule has 3 nitrogen and oxygen atoms in total. The quantitative estimate of drug-likeness (QED) is 0.0898. The van der Waals surface area contributed by atoms with Crippen LogP contribution in [0.15, 0.2) is 84.9 Å². The van der Waals surface area contributed by atoms with E-state index in [9.17, 15) is 0 Å². The van der Waals surface area contributed by atoms with Crippen molar-refractivity contribution in [2.75, 3.05) is 13.2 Å². The van der Waals surface area contributed by atoms with Crippen molar-refractivity contribution in [3.05, 3.63) is 84.9 Å². The van der Waals surface area contributed by atoms with Gasteiger partial charge in [0.1, 0.15) is 11.5 Å². The first-order valence-electron chi connectivity index (χ1n) is 17.8. The van der Waals surface area contributed by atoms with Gasteiger partial charge in [0.15, 0.2) is 0 Å². The lowest BCUT2D eigenvalue weighted by Crippen LogP contribution is -1.97. The lowest BCUT2D eigenvalue weighted by molar-refractivity contribution is 0.304. The highest BCUT2D eigenvalue weighted by atomic mass is 16.5. The summed E-state index contributed by atoms with van der Waals surface area (Å²) in [5, 5.41) is 2.50. The summed E-state index contributed by atoms with van der Waals surface area (Å²) in [4.78, 5) is 3.61. The van der Waals surface area contributed by atoms with Crippen LogP contribution in [0, 0.1) is 0 Å². The fourth-order valence-electron chi connectivity index (χ4n) is 6.24. The summed E-state index contributed by atoms with van der Waals surface area (Å²) < 4.78 is 12.1. The van der Waals surface area contributed by atoms with Crippen LogP contribution >= 0.6 is 0 Å². The minimum atomic E-state index is 0.797. The molecule has 5 aromatic rings. The van der Waals surface area contributed by atoms with Crippen molar-refractivity contribution in [2.45, 2.75) is 104 Å². The fourth-order valence-corrected chi connectivity index (χ4v) is 6.24. The first-order chi connectivity index (χ1) is 22.2. The van der Waals surface area contributed by atoms with E-state index in [2.05, 4.69) is 104 Å². The molecule has 0 radical (unpaired) electrons. The smallest absolute Gasteiger partial charge is 0.119 e. The van der Waals surface area contributed by atoms with Gasteiger partial charge < -0.3 is 14.5 Å². The van der Waals surface area contributed by atoms with E-state index in [0.29, 0.717) is 0 Å². The van der Waals surface area contributed by atoms with Gasteiger partial charge in [0.05, 0.1) is 13.2 Å². The highest BCUT2D eigenvalue weighted by Gasteiger charge is 2.09. The third-order valence-electron chi connectivity index (χ3n) is 9.01. The molecule has 238 valence electrons. The van der Waals surface area contributed by atoms with E-state index in [4.69, 9.17) is 9.47 Å². The van der Waals surface area contributed by atoms with Gasteiger partial charge in [0.2, 0.25) is 0 Å². The molecule has 45 heavy (non-hydrogen) atoms. The number of hydrogen-bond donors (Lipinski definition) is 1. The summed E-state index contributed by atoms with van der Waals surface area (Å²) in [7, 11) is 0. The van der Waals surface area contributed by atoms with Crippen LogP contribution in [-0.4, -0.2) is 18.2 Å². The van der Waals surface area contributed by atoms with E-state index in [1.807, 2.05) is 0 Å². The van der Waals surface area contributed by atoms with E-state index in [1.54, 1.807) is 0 Å². The molecular formula is C42H53NO2. The Balaban J connectivity index is 1.17. The standard InChI is InChI=1S/C42H53NO2/c1-3-5-7-9-11-13-15-29-44-37-23-17-33(18-24-37)35-21-27-41-39(31-35)40-32-36(22-28-42(40)43-41)34-19-25-38(26-20-34)45-30-16-14-12-10-8-6-4-2/h17-28,31-32,43H,3-16,29-30H2,1-2H3. The predicted octanol–water partition coefficient (Wildman–Crippen LogP) is 12.9. The van der Waals surface area contributed by atoms with Gasteiger partial charge in [-0.15, -0.1) is 0 Å². The Kier molecular flexibility index (Phi) is 12.8. The van der Waals surface area contributed by atoms with Crippen LogP contribution in [0.5, 0.6) is 11.5 Å². The molecule has 0 aliphatic rings. The average molecular weight is 604 g/mol. The number of rotatable bonds is 20. The van der Waals surface area contributed by atoms with Gasteiger partial charge in [0, 0.05) is 21.8 Å². The van der Waals surface area contributed by atoms with Gasteiger partial charge in [-0.05, 0) is 83.6 Å². The zero-order valence-electron chi connectivity index (χ0n) is 27.7. The van der Waals surface area contributed by atoms with Gasteiger partial charge in [-0.2, -0.15) is 0 Å². The molecule has 0 fully saturated rings. The maximum Gasteiger partial charge on any atom is 0.119 e. The van der Waals surface area contributed by atoms with Crippen molar-refractivity contribution >= 4 is 21.8 Å². The van der Waals surface area contributed by atoms with E-state index >= 15 is 0 Å². The van der Waals surface area contributed by atoms with Crippen molar-refractivity contribution in [3.63, 3.8) is 0 Å². The Morgan fingerprint density at radius 3 is 1.16 bits per heavy atom. The van der Waals surface area contributed by atoms with Gasteiger partial charge in [-0.25, -0.2) is 0 Å². The summed E-state index contributed by atoms with van der Waals surface area (Å²) in [6, 6.07) is 30.6. The van der Waals surface area contributed by atoms with Crippen LogP contribution < -0.4 is 9.47 Å². The Morgan fingerprint density at radius 1 is 0.400 bits per heavy atom. The number of unbranched alkanes of at least 4 members (excludes halogenated alkanes) is 12. The van der Waals surface area contributed by atoms with Crippen molar-refractivity contribution < 1.29 is 9.47 Å². The number of hydrogen-bond acceptors (Lipinski definition) is 2. The number of nitrogens with one attached hydrogen (secondary N) is 1. The largest absolute Gasteiger partial charge is 0.494 e.